The molecule has 2 aromatic heterocycles. The van der Waals surface area contributed by atoms with E-state index >= 15 is 0 Å². The van der Waals surface area contributed by atoms with Gasteiger partial charge in [0, 0.05) is 11.8 Å². The van der Waals surface area contributed by atoms with Crippen molar-refractivity contribution in [2.45, 2.75) is 0 Å². The molecular formula is C12H9F2N7O. The monoisotopic (exact) mass is 305 g/mol. The maximum atomic E-state index is 13.0. The summed E-state index contributed by atoms with van der Waals surface area (Å²) >= 11 is 0. The van der Waals surface area contributed by atoms with Crippen molar-refractivity contribution in [3.05, 3.63) is 42.0 Å². The first-order chi connectivity index (χ1) is 10.6. The molecule has 0 aliphatic rings. The SMILES string of the molecule is O=C(CNc1ccc2nnnn2n1)Nc1ccc(F)c(F)c1. The van der Waals surface area contributed by atoms with E-state index in [9.17, 15) is 13.6 Å². The van der Waals surface area contributed by atoms with E-state index in [1.165, 1.54) is 10.7 Å². The number of nitrogens with zero attached hydrogens (tertiary/aromatic N) is 5. The quantitative estimate of drug-likeness (QED) is 0.741. The van der Waals surface area contributed by atoms with Gasteiger partial charge in [0.2, 0.25) is 5.91 Å². The topological polar surface area (TPSA) is 97.1 Å². The first kappa shape index (κ1) is 13.8. The van der Waals surface area contributed by atoms with Gasteiger partial charge in [-0.15, -0.1) is 14.8 Å². The van der Waals surface area contributed by atoms with Gasteiger partial charge in [0.1, 0.15) is 5.82 Å². The molecule has 0 fully saturated rings. The lowest BCUT2D eigenvalue weighted by molar-refractivity contribution is -0.114. The van der Waals surface area contributed by atoms with Gasteiger partial charge in [-0.2, -0.15) is 0 Å². The van der Waals surface area contributed by atoms with E-state index < -0.39 is 17.5 Å². The third-order valence-corrected chi connectivity index (χ3v) is 2.70. The Labute approximate surface area is 122 Å². The van der Waals surface area contributed by atoms with Gasteiger partial charge in [0.15, 0.2) is 17.3 Å². The first-order valence-corrected chi connectivity index (χ1v) is 6.16. The molecule has 2 heterocycles. The van der Waals surface area contributed by atoms with Crippen molar-refractivity contribution in [1.82, 2.24) is 25.3 Å². The number of fused-ring (bicyclic) bond motifs is 1. The summed E-state index contributed by atoms with van der Waals surface area (Å²) in [5.41, 5.74) is 0.631. The molecule has 8 nitrogen and oxygen atoms in total. The van der Waals surface area contributed by atoms with Crippen LogP contribution in [0, 0.1) is 11.6 Å². The lowest BCUT2D eigenvalue weighted by Crippen LogP contribution is -2.22. The van der Waals surface area contributed by atoms with Crippen LogP contribution in [0.25, 0.3) is 5.65 Å². The Morgan fingerprint density at radius 1 is 1.18 bits per heavy atom. The molecular weight excluding hydrogens is 296 g/mol. The maximum Gasteiger partial charge on any atom is 0.243 e. The molecule has 0 aliphatic carbocycles. The van der Waals surface area contributed by atoms with Gasteiger partial charge < -0.3 is 10.6 Å². The minimum absolute atomic E-state index is 0.111. The Balaban J connectivity index is 1.60. The van der Waals surface area contributed by atoms with E-state index in [0.717, 1.165) is 12.1 Å². The minimum Gasteiger partial charge on any atom is -0.360 e. The van der Waals surface area contributed by atoms with E-state index in [-0.39, 0.29) is 12.2 Å². The summed E-state index contributed by atoms with van der Waals surface area (Å²) in [6.45, 7) is -0.111. The van der Waals surface area contributed by atoms with Crippen molar-refractivity contribution in [2.24, 2.45) is 0 Å². The number of hydrogen-bond acceptors (Lipinski definition) is 6. The maximum absolute atomic E-state index is 13.0. The summed E-state index contributed by atoms with van der Waals surface area (Å²) < 4.78 is 27.0. The van der Waals surface area contributed by atoms with Crippen LogP contribution >= 0.6 is 0 Å². The molecule has 3 aromatic rings. The highest BCUT2D eigenvalue weighted by atomic mass is 19.2. The molecule has 0 saturated carbocycles. The van der Waals surface area contributed by atoms with Crippen LogP contribution in [-0.4, -0.2) is 37.7 Å². The minimum atomic E-state index is -1.03. The molecule has 0 spiro atoms. The number of anilines is 2. The second-order valence-electron chi connectivity index (χ2n) is 4.28. The zero-order valence-corrected chi connectivity index (χ0v) is 11.0. The Hall–Kier alpha value is -3.17. The smallest absolute Gasteiger partial charge is 0.243 e. The van der Waals surface area contributed by atoms with Crippen molar-refractivity contribution in [2.75, 3.05) is 17.2 Å². The number of tetrazole rings is 1. The molecule has 0 radical (unpaired) electrons. The highest BCUT2D eigenvalue weighted by Crippen LogP contribution is 2.13. The number of nitrogens with one attached hydrogen (secondary N) is 2. The lowest BCUT2D eigenvalue weighted by atomic mass is 10.3. The number of halogens is 2. The lowest BCUT2D eigenvalue weighted by Gasteiger charge is -2.07. The molecule has 112 valence electrons. The molecule has 1 aromatic carbocycles. The van der Waals surface area contributed by atoms with Gasteiger partial charge in [0.25, 0.3) is 0 Å². The van der Waals surface area contributed by atoms with Gasteiger partial charge in [-0.1, -0.05) is 0 Å². The normalized spacial score (nSPS) is 10.6. The standard InChI is InChI=1S/C12H9F2N7O/c13-8-2-1-7(5-9(8)14)16-12(22)6-15-10-3-4-11-17-19-20-21(11)18-10/h1-5H,6H2,(H,15,18)(H,16,22). The van der Waals surface area contributed by atoms with Crippen molar-refractivity contribution < 1.29 is 13.6 Å². The van der Waals surface area contributed by atoms with Crippen LogP contribution in [0.4, 0.5) is 20.3 Å². The number of hydrogen-bond donors (Lipinski definition) is 2. The Morgan fingerprint density at radius 3 is 2.86 bits per heavy atom. The number of carbonyl (C=O) groups excluding carboxylic acids is 1. The second kappa shape index (κ2) is 5.68. The predicted molar refractivity (Wildman–Crippen MR) is 72.1 cm³/mol. The first-order valence-electron chi connectivity index (χ1n) is 6.16. The Bertz CT molecular complexity index is 835. The van der Waals surface area contributed by atoms with E-state index in [1.54, 1.807) is 12.1 Å². The molecule has 3 rings (SSSR count). The summed E-state index contributed by atoms with van der Waals surface area (Å²) in [5.74, 6) is -2.06. The van der Waals surface area contributed by atoms with Crippen LogP contribution in [0.3, 0.4) is 0 Å². The van der Waals surface area contributed by atoms with Crippen LogP contribution in [0.15, 0.2) is 30.3 Å². The third kappa shape index (κ3) is 2.95. The number of amides is 1. The summed E-state index contributed by atoms with van der Waals surface area (Å²) in [6, 6.07) is 6.34. The van der Waals surface area contributed by atoms with Crippen molar-refractivity contribution in [3.63, 3.8) is 0 Å². The Morgan fingerprint density at radius 2 is 2.05 bits per heavy atom. The Kier molecular flexibility index (Phi) is 3.56. The molecule has 0 bridgehead atoms. The van der Waals surface area contributed by atoms with Crippen molar-refractivity contribution in [3.8, 4) is 0 Å². The number of carbonyl (C=O) groups is 1. The van der Waals surface area contributed by atoms with E-state index in [0.29, 0.717) is 11.5 Å². The van der Waals surface area contributed by atoms with Crippen molar-refractivity contribution in [1.29, 1.82) is 0 Å². The largest absolute Gasteiger partial charge is 0.360 e. The zero-order valence-electron chi connectivity index (χ0n) is 11.0. The fourth-order valence-electron chi connectivity index (χ4n) is 1.69. The molecule has 22 heavy (non-hydrogen) atoms. The highest BCUT2D eigenvalue weighted by Gasteiger charge is 2.07. The van der Waals surface area contributed by atoms with Crippen LogP contribution in [0.1, 0.15) is 0 Å². The molecule has 0 aliphatic heterocycles. The molecule has 0 atom stereocenters. The van der Waals surface area contributed by atoms with Crippen molar-refractivity contribution >= 4 is 23.1 Å². The average molecular weight is 305 g/mol. The summed E-state index contributed by atoms with van der Waals surface area (Å²) in [6.07, 6.45) is 0. The van der Waals surface area contributed by atoms with Gasteiger partial charge in [-0.05, 0) is 34.7 Å². The van der Waals surface area contributed by atoms with Crippen LogP contribution in [0.5, 0.6) is 0 Å². The second-order valence-corrected chi connectivity index (χ2v) is 4.28. The molecule has 0 saturated heterocycles. The van der Waals surface area contributed by atoms with E-state index in [4.69, 9.17) is 0 Å². The zero-order chi connectivity index (χ0) is 15.5. The van der Waals surface area contributed by atoms with Crippen LogP contribution in [0.2, 0.25) is 0 Å². The summed E-state index contributed by atoms with van der Waals surface area (Å²) in [4.78, 5) is 11.7. The summed E-state index contributed by atoms with van der Waals surface area (Å²) in [5, 5.41) is 20.0. The van der Waals surface area contributed by atoms with E-state index in [1.807, 2.05) is 0 Å². The van der Waals surface area contributed by atoms with Crippen LogP contribution < -0.4 is 10.6 Å². The number of aromatic nitrogens is 5. The average Bonchev–Trinajstić information content (AvgIpc) is 2.96. The fraction of sp³-hybridized carbons (Fsp3) is 0.0833. The van der Waals surface area contributed by atoms with Gasteiger partial charge in [-0.25, -0.2) is 8.78 Å². The van der Waals surface area contributed by atoms with E-state index in [2.05, 4.69) is 31.3 Å². The predicted octanol–water partition coefficient (Wildman–Crippen LogP) is 0.848. The van der Waals surface area contributed by atoms with Gasteiger partial charge in [-0.3, -0.25) is 4.79 Å². The van der Waals surface area contributed by atoms with Crippen LogP contribution in [-0.2, 0) is 4.79 Å². The number of rotatable bonds is 4. The summed E-state index contributed by atoms with van der Waals surface area (Å²) in [7, 11) is 0. The molecule has 10 heteroatoms. The molecule has 1 amide bonds. The fourth-order valence-corrected chi connectivity index (χ4v) is 1.69. The third-order valence-electron chi connectivity index (χ3n) is 2.70. The number of benzene rings is 1. The highest BCUT2D eigenvalue weighted by molar-refractivity contribution is 5.93. The molecule has 0 unspecified atom stereocenters. The van der Waals surface area contributed by atoms with Gasteiger partial charge >= 0.3 is 0 Å². The molecule has 2 N–H and O–H groups in total. The van der Waals surface area contributed by atoms with Gasteiger partial charge in [0.05, 0.1) is 6.54 Å².